The Morgan fingerprint density at radius 2 is 1.90 bits per heavy atom. The number of rotatable bonds is 8. The molecule has 1 N–H and O–H groups in total. The van der Waals surface area contributed by atoms with Gasteiger partial charge >= 0.3 is 6.09 Å². The fourth-order valence-electron chi connectivity index (χ4n) is 3.23. The topological polar surface area (TPSA) is 41.6 Å². The van der Waals surface area contributed by atoms with Gasteiger partial charge in [-0.2, -0.15) is 0 Å². The molecule has 0 aromatic rings. The van der Waals surface area contributed by atoms with Crippen molar-refractivity contribution in [1.82, 2.24) is 10.2 Å². The van der Waals surface area contributed by atoms with Gasteiger partial charge in [0.1, 0.15) is 6.61 Å². The second-order valence-corrected chi connectivity index (χ2v) is 6.40. The average molecular weight is 284 g/mol. The van der Waals surface area contributed by atoms with Crippen molar-refractivity contribution in [2.24, 2.45) is 17.3 Å². The molecular weight excluding hydrogens is 252 g/mol. The fourth-order valence-corrected chi connectivity index (χ4v) is 3.23. The van der Waals surface area contributed by atoms with Gasteiger partial charge in [-0.15, -0.1) is 0 Å². The predicted molar refractivity (Wildman–Crippen MR) is 82.8 cm³/mol. The number of ether oxygens (including phenoxy) is 1. The van der Waals surface area contributed by atoms with Crippen molar-refractivity contribution in [3.8, 4) is 0 Å². The molecule has 118 valence electrons. The minimum absolute atomic E-state index is 0.270. The second kappa shape index (κ2) is 7.87. The van der Waals surface area contributed by atoms with Gasteiger partial charge in [-0.05, 0) is 36.8 Å². The number of carbonyl (C=O) groups is 1. The molecule has 1 saturated carbocycles. The molecule has 0 spiro atoms. The Balaban J connectivity index is 2.15. The molecule has 0 bridgehead atoms. The number of hydrogen-bond acceptors (Lipinski definition) is 3. The van der Waals surface area contributed by atoms with Gasteiger partial charge in [0, 0.05) is 13.1 Å². The maximum Gasteiger partial charge on any atom is 0.407 e. The molecular formula is C16H32N2O2. The number of amides is 1. The summed E-state index contributed by atoms with van der Waals surface area (Å²) >= 11 is 0. The normalized spacial score (nSPS) is 24.3. The average Bonchev–Trinajstić information content (AvgIpc) is 2.42. The first-order chi connectivity index (χ1) is 9.45. The van der Waals surface area contributed by atoms with Crippen LogP contribution in [0.2, 0.25) is 0 Å². The van der Waals surface area contributed by atoms with Crippen LogP contribution in [-0.4, -0.2) is 43.8 Å². The maximum atomic E-state index is 11.7. The van der Waals surface area contributed by atoms with Gasteiger partial charge in [-0.3, -0.25) is 0 Å². The molecule has 1 rings (SSSR count). The second-order valence-electron chi connectivity index (χ2n) is 6.40. The van der Waals surface area contributed by atoms with Crippen LogP contribution >= 0.6 is 0 Å². The highest BCUT2D eigenvalue weighted by atomic mass is 16.5. The van der Waals surface area contributed by atoms with E-state index in [1.165, 1.54) is 12.8 Å². The Kier molecular flexibility index (Phi) is 6.80. The molecule has 1 aliphatic carbocycles. The summed E-state index contributed by atoms with van der Waals surface area (Å²) in [7, 11) is 0. The molecule has 4 nitrogen and oxygen atoms in total. The van der Waals surface area contributed by atoms with E-state index in [-0.39, 0.29) is 6.09 Å². The van der Waals surface area contributed by atoms with E-state index in [0.29, 0.717) is 17.9 Å². The Labute approximate surface area is 124 Å². The zero-order valence-electron chi connectivity index (χ0n) is 13.9. The lowest BCUT2D eigenvalue weighted by Crippen LogP contribution is -2.49. The quantitative estimate of drug-likeness (QED) is 0.744. The summed E-state index contributed by atoms with van der Waals surface area (Å²) in [5, 5.41) is 2.91. The molecule has 1 amide bonds. The molecule has 0 unspecified atom stereocenters. The molecule has 0 aromatic heterocycles. The number of hydrogen-bond donors (Lipinski definition) is 1. The van der Waals surface area contributed by atoms with Gasteiger partial charge in [-0.25, -0.2) is 4.79 Å². The highest BCUT2D eigenvalue weighted by Gasteiger charge is 2.46. The first kappa shape index (κ1) is 17.3. The molecule has 0 heterocycles. The van der Waals surface area contributed by atoms with Gasteiger partial charge in [0.15, 0.2) is 0 Å². The van der Waals surface area contributed by atoms with Crippen LogP contribution in [0.15, 0.2) is 0 Å². The zero-order valence-corrected chi connectivity index (χ0v) is 13.9. The van der Waals surface area contributed by atoms with Crippen molar-refractivity contribution in [1.29, 1.82) is 0 Å². The lowest BCUT2D eigenvalue weighted by molar-refractivity contribution is -0.0210. The lowest BCUT2D eigenvalue weighted by Gasteiger charge is -2.52. The van der Waals surface area contributed by atoms with Crippen molar-refractivity contribution in [2.45, 2.75) is 47.5 Å². The lowest BCUT2D eigenvalue weighted by atomic mass is 9.54. The zero-order chi connectivity index (χ0) is 15.2. The fraction of sp³-hybridized carbons (Fsp3) is 0.938. The van der Waals surface area contributed by atoms with E-state index in [4.69, 9.17) is 4.74 Å². The summed E-state index contributed by atoms with van der Waals surface area (Å²) in [5.74, 6) is 1.38. The SMILES string of the molecule is CC[C@@H]1C[C@@H](CNC(=O)OCCN(CC)CC)C1(C)C. The largest absolute Gasteiger partial charge is 0.448 e. The molecule has 0 aliphatic heterocycles. The third-order valence-corrected chi connectivity index (χ3v) is 5.19. The number of nitrogens with one attached hydrogen (secondary N) is 1. The molecule has 20 heavy (non-hydrogen) atoms. The molecule has 0 aromatic carbocycles. The Bertz CT molecular complexity index is 301. The van der Waals surface area contributed by atoms with Gasteiger partial charge in [-0.1, -0.05) is 41.0 Å². The van der Waals surface area contributed by atoms with Gasteiger partial charge < -0.3 is 15.0 Å². The Hall–Kier alpha value is -0.770. The molecule has 4 heteroatoms. The summed E-state index contributed by atoms with van der Waals surface area (Å²) < 4.78 is 5.22. The summed E-state index contributed by atoms with van der Waals surface area (Å²) in [6.07, 6.45) is 2.19. The number of nitrogens with zero attached hydrogens (tertiary/aromatic N) is 1. The van der Waals surface area contributed by atoms with Gasteiger partial charge in [0.25, 0.3) is 0 Å². The van der Waals surface area contributed by atoms with E-state index in [0.717, 1.165) is 32.1 Å². The molecule has 0 saturated heterocycles. The number of carbonyl (C=O) groups excluding carboxylic acids is 1. The van der Waals surface area contributed by atoms with E-state index in [1.807, 2.05) is 0 Å². The van der Waals surface area contributed by atoms with Crippen molar-refractivity contribution in [3.05, 3.63) is 0 Å². The number of alkyl carbamates (subject to hydrolysis) is 1. The molecule has 1 aliphatic rings. The number of likely N-dealkylation sites (N-methyl/N-ethyl adjacent to an activating group) is 1. The smallest absolute Gasteiger partial charge is 0.407 e. The Morgan fingerprint density at radius 1 is 1.25 bits per heavy atom. The summed E-state index contributed by atoms with van der Waals surface area (Å²) in [5.41, 5.74) is 0.350. The maximum absolute atomic E-state index is 11.7. The third kappa shape index (κ3) is 4.37. The molecule has 1 fully saturated rings. The third-order valence-electron chi connectivity index (χ3n) is 5.19. The molecule has 2 atom stereocenters. The van der Waals surface area contributed by atoms with Gasteiger partial charge in [0.2, 0.25) is 0 Å². The summed E-state index contributed by atoms with van der Waals surface area (Å²) in [6.45, 7) is 15.1. The first-order valence-corrected chi connectivity index (χ1v) is 8.08. The van der Waals surface area contributed by atoms with E-state index >= 15 is 0 Å². The van der Waals surface area contributed by atoms with E-state index in [2.05, 4.69) is 44.8 Å². The standard InChI is InChI=1S/C16H32N2O2/c1-6-13-11-14(16(13,4)5)12-17-15(19)20-10-9-18(7-2)8-3/h13-14H,6-12H2,1-5H3,(H,17,19)/t13-,14+/m1/s1. The van der Waals surface area contributed by atoms with Crippen molar-refractivity contribution < 1.29 is 9.53 Å². The van der Waals surface area contributed by atoms with Crippen LogP contribution in [-0.2, 0) is 4.74 Å². The minimum Gasteiger partial charge on any atom is -0.448 e. The molecule has 0 radical (unpaired) electrons. The highest BCUT2D eigenvalue weighted by molar-refractivity contribution is 5.67. The van der Waals surface area contributed by atoms with Crippen LogP contribution in [0.25, 0.3) is 0 Å². The van der Waals surface area contributed by atoms with Crippen LogP contribution in [0.1, 0.15) is 47.5 Å². The summed E-state index contributed by atoms with van der Waals surface area (Å²) in [6, 6.07) is 0. The van der Waals surface area contributed by atoms with Crippen LogP contribution < -0.4 is 5.32 Å². The van der Waals surface area contributed by atoms with Crippen LogP contribution in [0.5, 0.6) is 0 Å². The summed E-state index contributed by atoms with van der Waals surface area (Å²) in [4.78, 5) is 13.9. The van der Waals surface area contributed by atoms with Crippen molar-refractivity contribution in [2.75, 3.05) is 32.8 Å². The monoisotopic (exact) mass is 284 g/mol. The van der Waals surface area contributed by atoms with Crippen LogP contribution in [0.4, 0.5) is 4.79 Å². The van der Waals surface area contributed by atoms with Crippen molar-refractivity contribution in [3.63, 3.8) is 0 Å². The Morgan fingerprint density at radius 3 is 2.40 bits per heavy atom. The first-order valence-electron chi connectivity index (χ1n) is 8.08. The van der Waals surface area contributed by atoms with Crippen LogP contribution in [0, 0.1) is 17.3 Å². The van der Waals surface area contributed by atoms with Crippen LogP contribution in [0.3, 0.4) is 0 Å². The van der Waals surface area contributed by atoms with E-state index in [9.17, 15) is 4.79 Å². The highest BCUT2D eigenvalue weighted by Crippen LogP contribution is 2.52. The minimum atomic E-state index is -0.270. The van der Waals surface area contributed by atoms with E-state index < -0.39 is 0 Å². The van der Waals surface area contributed by atoms with E-state index in [1.54, 1.807) is 0 Å². The van der Waals surface area contributed by atoms with Gasteiger partial charge in [0.05, 0.1) is 0 Å². The predicted octanol–water partition coefficient (Wildman–Crippen LogP) is 3.13. The van der Waals surface area contributed by atoms with Crippen molar-refractivity contribution >= 4 is 6.09 Å².